The Labute approximate surface area is 140 Å². The second-order valence-electron chi connectivity index (χ2n) is 6.05. The van der Waals surface area contributed by atoms with Crippen molar-refractivity contribution in [3.8, 4) is 5.75 Å². The van der Waals surface area contributed by atoms with E-state index in [1.54, 1.807) is 7.11 Å². The van der Waals surface area contributed by atoms with Crippen molar-refractivity contribution in [2.24, 2.45) is 0 Å². The number of fused-ring (bicyclic) bond motifs is 3. The van der Waals surface area contributed by atoms with Crippen molar-refractivity contribution >= 4 is 22.5 Å². The summed E-state index contributed by atoms with van der Waals surface area (Å²) in [4.78, 5) is 3.59. The van der Waals surface area contributed by atoms with E-state index in [0.717, 1.165) is 34.9 Å². The minimum atomic E-state index is 0.0681. The summed E-state index contributed by atoms with van der Waals surface area (Å²) in [5, 5.41) is 5.66. The zero-order chi connectivity index (χ0) is 16.0. The molecule has 1 atom stereocenters. The monoisotopic (exact) mass is 326 g/mol. The molecule has 0 fully saturated rings. The van der Waals surface area contributed by atoms with Crippen LogP contribution in [-0.2, 0) is 6.42 Å². The normalized spacial score (nSPS) is 17.3. The molecule has 1 unspecified atom stereocenters. The van der Waals surface area contributed by atoms with Gasteiger partial charge >= 0.3 is 0 Å². The zero-order valence-corrected chi connectivity index (χ0v) is 14.0. The number of nitrogens with one attached hydrogen (secondary N) is 2. The van der Waals surface area contributed by atoms with Crippen molar-refractivity contribution in [1.82, 2.24) is 10.3 Å². The summed E-state index contributed by atoms with van der Waals surface area (Å²) in [6.45, 7) is 2.97. The maximum absolute atomic E-state index is 6.31. The van der Waals surface area contributed by atoms with Crippen LogP contribution in [0.5, 0.6) is 5.75 Å². The molecule has 4 rings (SSSR count). The van der Waals surface area contributed by atoms with E-state index in [4.69, 9.17) is 16.3 Å². The number of methoxy groups -OCH3 is 1. The predicted molar refractivity (Wildman–Crippen MR) is 94.6 cm³/mol. The average molecular weight is 327 g/mol. The maximum atomic E-state index is 6.31. The maximum Gasteiger partial charge on any atom is 0.127 e. The Morgan fingerprint density at radius 1 is 1.22 bits per heavy atom. The molecule has 3 aromatic rings. The van der Waals surface area contributed by atoms with Crippen LogP contribution in [0.3, 0.4) is 0 Å². The Hall–Kier alpha value is -1.97. The van der Waals surface area contributed by atoms with Gasteiger partial charge in [-0.1, -0.05) is 29.8 Å². The average Bonchev–Trinajstić information content (AvgIpc) is 2.93. The van der Waals surface area contributed by atoms with Crippen LogP contribution in [-0.4, -0.2) is 18.6 Å². The van der Waals surface area contributed by atoms with Crippen molar-refractivity contribution in [2.45, 2.75) is 19.4 Å². The van der Waals surface area contributed by atoms with Crippen LogP contribution in [0.4, 0.5) is 0 Å². The largest absolute Gasteiger partial charge is 0.496 e. The first-order valence-corrected chi connectivity index (χ1v) is 8.23. The third-order valence-corrected chi connectivity index (χ3v) is 4.86. The second-order valence-corrected chi connectivity index (χ2v) is 6.48. The third kappa shape index (κ3) is 2.32. The van der Waals surface area contributed by atoms with E-state index in [2.05, 4.69) is 34.6 Å². The number of aryl methyl sites for hydroxylation is 1. The summed E-state index contributed by atoms with van der Waals surface area (Å²) >= 11 is 6.31. The molecule has 1 aliphatic rings. The summed E-state index contributed by atoms with van der Waals surface area (Å²) in [6.07, 6.45) is 1.03. The van der Waals surface area contributed by atoms with E-state index in [9.17, 15) is 0 Å². The first-order chi connectivity index (χ1) is 11.2. The topological polar surface area (TPSA) is 37.0 Å². The number of para-hydroxylation sites is 1. The quantitative estimate of drug-likeness (QED) is 0.733. The predicted octanol–water partition coefficient (Wildman–Crippen LogP) is 4.37. The van der Waals surface area contributed by atoms with Crippen molar-refractivity contribution in [3.63, 3.8) is 0 Å². The van der Waals surface area contributed by atoms with Gasteiger partial charge in [0.1, 0.15) is 5.75 Å². The minimum Gasteiger partial charge on any atom is -0.496 e. The molecule has 3 nitrogen and oxygen atoms in total. The van der Waals surface area contributed by atoms with E-state index in [1.807, 2.05) is 19.1 Å². The van der Waals surface area contributed by atoms with Gasteiger partial charge in [0.25, 0.3) is 0 Å². The van der Waals surface area contributed by atoms with Gasteiger partial charge in [-0.3, -0.25) is 0 Å². The summed E-state index contributed by atoms with van der Waals surface area (Å²) in [5.41, 5.74) is 5.94. The highest BCUT2D eigenvalue weighted by Crippen LogP contribution is 2.39. The molecule has 4 heteroatoms. The number of aromatic nitrogens is 1. The molecular formula is C19H19ClN2O. The molecule has 0 saturated carbocycles. The molecule has 118 valence electrons. The fourth-order valence-corrected chi connectivity index (χ4v) is 3.98. The molecule has 23 heavy (non-hydrogen) atoms. The molecule has 2 heterocycles. The lowest BCUT2D eigenvalue weighted by atomic mass is 9.93. The summed E-state index contributed by atoms with van der Waals surface area (Å²) in [6, 6.07) is 12.5. The molecule has 0 radical (unpaired) electrons. The Kier molecular flexibility index (Phi) is 3.55. The van der Waals surface area contributed by atoms with Crippen LogP contribution >= 0.6 is 11.6 Å². The molecule has 2 aromatic carbocycles. The third-order valence-electron chi connectivity index (χ3n) is 4.64. The van der Waals surface area contributed by atoms with Crippen LogP contribution in [0.1, 0.15) is 28.4 Å². The highest BCUT2D eigenvalue weighted by atomic mass is 35.5. The molecule has 1 aliphatic heterocycles. The summed E-state index contributed by atoms with van der Waals surface area (Å²) in [5.74, 6) is 0.901. The number of benzene rings is 2. The fraction of sp³-hybridized carbons (Fsp3) is 0.263. The number of rotatable bonds is 2. The van der Waals surface area contributed by atoms with Gasteiger partial charge in [0.2, 0.25) is 0 Å². The standard InChI is InChI=1S/C19H19ClN2O/c1-11-9-12(20)10-15(19(11)23-2)17-18-14(7-8-21-17)13-5-3-4-6-16(13)22-18/h3-6,9-10,17,21-22H,7-8H2,1-2H3. The SMILES string of the molecule is COc1c(C)cc(Cl)cc1C1NCCc2c1[nH]c1ccccc21. The molecular weight excluding hydrogens is 308 g/mol. The van der Waals surface area contributed by atoms with Gasteiger partial charge in [-0.2, -0.15) is 0 Å². The molecule has 0 aliphatic carbocycles. The molecule has 0 saturated heterocycles. The van der Waals surface area contributed by atoms with Crippen LogP contribution in [0.2, 0.25) is 5.02 Å². The van der Waals surface area contributed by atoms with Crippen molar-refractivity contribution in [3.05, 3.63) is 63.8 Å². The van der Waals surface area contributed by atoms with Gasteiger partial charge in [0.15, 0.2) is 0 Å². The second kappa shape index (κ2) is 5.59. The Morgan fingerprint density at radius 2 is 2.04 bits per heavy atom. The first-order valence-electron chi connectivity index (χ1n) is 7.86. The van der Waals surface area contributed by atoms with Gasteiger partial charge in [0, 0.05) is 33.7 Å². The van der Waals surface area contributed by atoms with E-state index in [0.29, 0.717) is 0 Å². The highest BCUT2D eigenvalue weighted by molar-refractivity contribution is 6.30. The van der Waals surface area contributed by atoms with Crippen LogP contribution in [0, 0.1) is 6.92 Å². The zero-order valence-electron chi connectivity index (χ0n) is 13.2. The van der Waals surface area contributed by atoms with E-state index in [-0.39, 0.29) is 6.04 Å². The van der Waals surface area contributed by atoms with Crippen LogP contribution in [0.25, 0.3) is 10.9 Å². The number of aromatic amines is 1. The van der Waals surface area contributed by atoms with Crippen molar-refractivity contribution < 1.29 is 4.74 Å². The molecule has 1 aromatic heterocycles. The van der Waals surface area contributed by atoms with Gasteiger partial charge < -0.3 is 15.0 Å². The molecule has 0 amide bonds. The number of halogens is 1. The lowest BCUT2D eigenvalue weighted by Gasteiger charge is -2.27. The number of H-pyrrole nitrogens is 1. The highest BCUT2D eigenvalue weighted by Gasteiger charge is 2.28. The van der Waals surface area contributed by atoms with Gasteiger partial charge in [0.05, 0.1) is 13.2 Å². The lowest BCUT2D eigenvalue weighted by Crippen LogP contribution is -2.30. The number of hydrogen-bond donors (Lipinski definition) is 2. The van der Waals surface area contributed by atoms with Gasteiger partial charge in [-0.15, -0.1) is 0 Å². The van der Waals surface area contributed by atoms with E-state index >= 15 is 0 Å². The summed E-state index contributed by atoms with van der Waals surface area (Å²) in [7, 11) is 1.72. The van der Waals surface area contributed by atoms with E-state index < -0.39 is 0 Å². The molecule has 0 spiro atoms. The van der Waals surface area contributed by atoms with Crippen molar-refractivity contribution in [1.29, 1.82) is 0 Å². The Morgan fingerprint density at radius 3 is 2.87 bits per heavy atom. The minimum absolute atomic E-state index is 0.0681. The number of ether oxygens (including phenoxy) is 1. The Balaban J connectivity index is 1.93. The number of hydrogen-bond acceptors (Lipinski definition) is 2. The lowest BCUT2D eigenvalue weighted by molar-refractivity contribution is 0.399. The van der Waals surface area contributed by atoms with Crippen LogP contribution in [0.15, 0.2) is 36.4 Å². The van der Waals surface area contributed by atoms with Crippen LogP contribution < -0.4 is 10.1 Å². The smallest absolute Gasteiger partial charge is 0.127 e. The van der Waals surface area contributed by atoms with Crippen molar-refractivity contribution in [2.75, 3.05) is 13.7 Å². The van der Waals surface area contributed by atoms with Gasteiger partial charge in [-0.25, -0.2) is 0 Å². The molecule has 0 bridgehead atoms. The van der Waals surface area contributed by atoms with Gasteiger partial charge in [-0.05, 0) is 42.7 Å². The fourth-order valence-electron chi connectivity index (χ4n) is 3.69. The summed E-state index contributed by atoms with van der Waals surface area (Å²) < 4.78 is 5.66. The first kappa shape index (κ1) is 14.6. The Bertz CT molecular complexity index is 884. The molecule has 2 N–H and O–H groups in total. The van der Waals surface area contributed by atoms with E-state index in [1.165, 1.54) is 22.2 Å².